The molecule has 0 amide bonds. The van der Waals surface area contributed by atoms with Crippen molar-refractivity contribution in [3.63, 3.8) is 0 Å². The topological polar surface area (TPSA) is 14.1 Å². The molecule has 1 heterocycles. The lowest BCUT2D eigenvalue weighted by atomic mass is 9.66. The van der Waals surface area contributed by atoms with Gasteiger partial charge in [-0.15, -0.1) is 0 Å². The van der Waals surface area contributed by atoms with E-state index in [9.17, 15) is 0 Å². The Morgan fingerprint density at radius 3 is 2.35 bits per heavy atom. The van der Waals surface area contributed by atoms with Crippen molar-refractivity contribution in [3.05, 3.63) is 42.2 Å². The first-order chi connectivity index (χ1) is 9.31. The molecule has 0 unspecified atom stereocenters. The van der Waals surface area contributed by atoms with E-state index in [4.69, 9.17) is 0 Å². The predicted molar refractivity (Wildman–Crippen MR) is 86.7 cm³/mol. The molecule has 2 aromatic rings. The van der Waals surface area contributed by atoms with Gasteiger partial charge in [-0.2, -0.15) is 0 Å². The first-order valence-electron chi connectivity index (χ1n) is 7.69. The van der Waals surface area contributed by atoms with Crippen LogP contribution in [0.5, 0.6) is 0 Å². The molecule has 0 saturated heterocycles. The van der Waals surface area contributed by atoms with Gasteiger partial charge in [0.15, 0.2) is 12.4 Å². The van der Waals surface area contributed by atoms with Crippen molar-refractivity contribution in [2.45, 2.75) is 53.9 Å². The third-order valence-electron chi connectivity index (χ3n) is 5.08. The Morgan fingerprint density at radius 1 is 0.950 bits per heavy atom. The van der Waals surface area contributed by atoms with Crippen molar-refractivity contribution >= 4 is 10.8 Å². The van der Waals surface area contributed by atoms with Gasteiger partial charge in [0, 0.05) is 10.9 Å². The largest absolute Gasteiger partial charge is 0.217 e. The molecular weight excluding hydrogens is 242 g/mol. The molecule has 1 aromatic heterocycles. The Bertz CT molecular complexity index is 570. The molecule has 1 aromatic carbocycles. The molecule has 1 heteroatoms. The van der Waals surface area contributed by atoms with Gasteiger partial charge in [0.25, 0.3) is 0 Å². The second-order valence-electron chi connectivity index (χ2n) is 7.56. The first-order valence-corrected chi connectivity index (χ1v) is 7.69. The van der Waals surface area contributed by atoms with Crippen LogP contribution in [0.25, 0.3) is 10.8 Å². The summed E-state index contributed by atoms with van der Waals surface area (Å²) in [6.07, 6.45) is 7.90. The average Bonchev–Trinajstić information content (AvgIpc) is 2.37. The number of benzene rings is 1. The lowest BCUT2D eigenvalue weighted by Gasteiger charge is -2.39. The molecule has 1 nitrogen and oxygen atoms in total. The minimum absolute atomic E-state index is 0.359. The summed E-state index contributed by atoms with van der Waals surface area (Å²) >= 11 is 0. The summed E-state index contributed by atoms with van der Waals surface area (Å²) in [5, 5.41) is 2.69. The van der Waals surface area contributed by atoms with Crippen molar-refractivity contribution in [2.24, 2.45) is 10.8 Å². The normalized spacial score (nSPS) is 12.8. The maximum absolute atomic E-state index is 3.28. The highest BCUT2D eigenvalue weighted by Crippen LogP contribution is 2.41. The van der Waals surface area contributed by atoms with Crippen molar-refractivity contribution in [2.75, 3.05) is 0 Å². The molecule has 0 aliphatic carbocycles. The highest BCUT2D eigenvalue weighted by molar-refractivity contribution is 5.83. The van der Waals surface area contributed by atoms with E-state index in [0.717, 1.165) is 6.42 Å². The van der Waals surface area contributed by atoms with E-state index in [1.165, 1.54) is 29.2 Å². The maximum atomic E-state index is 3.28. The second-order valence-corrected chi connectivity index (χ2v) is 7.56. The van der Waals surface area contributed by atoms with Crippen LogP contribution in [0.1, 0.15) is 53.0 Å². The zero-order valence-electron chi connectivity index (χ0n) is 13.6. The summed E-state index contributed by atoms with van der Waals surface area (Å²) in [6, 6.07) is 8.63. The zero-order valence-corrected chi connectivity index (χ0v) is 13.6. The van der Waals surface area contributed by atoms with Crippen LogP contribution in [-0.2, 0) is 6.42 Å². The minimum atomic E-state index is 0.359. The lowest BCUT2D eigenvalue weighted by Crippen LogP contribution is -2.29. The molecule has 2 rings (SSSR count). The van der Waals surface area contributed by atoms with E-state index in [0.29, 0.717) is 10.8 Å². The molecule has 0 aliphatic heterocycles. The quantitative estimate of drug-likeness (QED) is 0.738. The van der Waals surface area contributed by atoms with Gasteiger partial charge in [0.05, 0.1) is 0 Å². The molecule has 0 radical (unpaired) electrons. The Labute approximate surface area is 123 Å². The number of rotatable bonds is 4. The highest BCUT2D eigenvalue weighted by atomic mass is 14.6. The van der Waals surface area contributed by atoms with Crippen LogP contribution in [0.2, 0.25) is 0 Å². The van der Waals surface area contributed by atoms with Crippen molar-refractivity contribution in [3.8, 4) is 0 Å². The molecule has 1 N–H and O–H groups in total. The molecule has 0 fully saturated rings. The average molecular weight is 270 g/mol. The van der Waals surface area contributed by atoms with Crippen LogP contribution in [0.3, 0.4) is 0 Å². The number of hydrogen-bond donors (Lipinski definition) is 0. The monoisotopic (exact) mass is 270 g/mol. The Balaban J connectivity index is 2.07. The standard InChI is InChI=1S/C19H27N/c1-18(2,3)19(4,5)12-8-10-16-14-20-13-15-9-6-7-11-17(15)16/h6-7,9,11,13-14H,8,10,12H2,1-5H3/p+1. The van der Waals surface area contributed by atoms with Crippen LogP contribution in [0, 0.1) is 10.8 Å². The van der Waals surface area contributed by atoms with Gasteiger partial charge < -0.3 is 0 Å². The predicted octanol–water partition coefficient (Wildman–Crippen LogP) is 5.05. The van der Waals surface area contributed by atoms with E-state index < -0.39 is 0 Å². The van der Waals surface area contributed by atoms with Crippen molar-refractivity contribution in [1.82, 2.24) is 0 Å². The highest BCUT2D eigenvalue weighted by Gasteiger charge is 2.31. The van der Waals surface area contributed by atoms with E-state index >= 15 is 0 Å². The van der Waals surface area contributed by atoms with Gasteiger partial charge in [-0.3, -0.25) is 0 Å². The van der Waals surface area contributed by atoms with Gasteiger partial charge in [-0.25, -0.2) is 4.98 Å². The molecule has 0 saturated carbocycles. The number of aromatic nitrogens is 1. The van der Waals surface area contributed by atoms with Gasteiger partial charge in [-0.05, 0) is 41.5 Å². The Morgan fingerprint density at radius 2 is 1.65 bits per heavy atom. The fraction of sp³-hybridized carbons (Fsp3) is 0.526. The summed E-state index contributed by atoms with van der Waals surface area (Å²) < 4.78 is 0. The minimum Gasteiger partial charge on any atom is -0.217 e. The lowest BCUT2D eigenvalue weighted by molar-refractivity contribution is -0.376. The molecule has 0 bridgehead atoms. The fourth-order valence-corrected chi connectivity index (χ4v) is 2.53. The first kappa shape index (κ1) is 15.0. The molecule has 0 aliphatic rings. The summed E-state index contributed by atoms with van der Waals surface area (Å²) in [4.78, 5) is 3.28. The number of fused-ring (bicyclic) bond motifs is 1. The van der Waals surface area contributed by atoms with Gasteiger partial charge in [-0.1, -0.05) is 52.8 Å². The fourth-order valence-electron chi connectivity index (χ4n) is 2.53. The molecular formula is C19H28N+. The molecule has 108 valence electrons. The van der Waals surface area contributed by atoms with Crippen LogP contribution in [-0.4, -0.2) is 0 Å². The van der Waals surface area contributed by atoms with E-state index in [2.05, 4.69) is 76.3 Å². The number of pyridine rings is 1. The summed E-state index contributed by atoms with van der Waals surface area (Å²) in [5.74, 6) is 0. The number of aryl methyl sites for hydroxylation is 1. The Hall–Kier alpha value is -1.37. The summed E-state index contributed by atoms with van der Waals surface area (Å²) in [6.45, 7) is 11.8. The number of nitrogens with one attached hydrogen (secondary N) is 1. The molecule has 0 spiro atoms. The van der Waals surface area contributed by atoms with Crippen LogP contribution in [0.15, 0.2) is 36.7 Å². The van der Waals surface area contributed by atoms with Gasteiger partial charge >= 0.3 is 0 Å². The second kappa shape index (κ2) is 5.55. The smallest absolute Gasteiger partial charge is 0.174 e. The Kier molecular flexibility index (Phi) is 4.17. The van der Waals surface area contributed by atoms with Crippen LogP contribution >= 0.6 is 0 Å². The molecule has 0 atom stereocenters. The number of aromatic amines is 1. The third kappa shape index (κ3) is 3.20. The number of hydrogen-bond acceptors (Lipinski definition) is 0. The van der Waals surface area contributed by atoms with E-state index in [-0.39, 0.29) is 0 Å². The van der Waals surface area contributed by atoms with Crippen molar-refractivity contribution in [1.29, 1.82) is 0 Å². The zero-order chi connectivity index (χ0) is 14.8. The maximum Gasteiger partial charge on any atom is 0.174 e. The van der Waals surface area contributed by atoms with Crippen LogP contribution in [0.4, 0.5) is 0 Å². The van der Waals surface area contributed by atoms with E-state index in [1.54, 1.807) is 0 Å². The van der Waals surface area contributed by atoms with Gasteiger partial charge in [0.2, 0.25) is 0 Å². The molecule has 20 heavy (non-hydrogen) atoms. The summed E-state index contributed by atoms with van der Waals surface area (Å²) in [5.41, 5.74) is 2.17. The summed E-state index contributed by atoms with van der Waals surface area (Å²) in [7, 11) is 0. The third-order valence-corrected chi connectivity index (χ3v) is 5.08. The van der Waals surface area contributed by atoms with Crippen molar-refractivity contribution < 1.29 is 4.98 Å². The van der Waals surface area contributed by atoms with Crippen LogP contribution < -0.4 is 4.98 Å². The van der Waals surface area contributed by atoms with E-state index in [1.807, 2.05) is 0 Å². The number of H-pyrrole nitrogens is 1. The SMILES string of the molecule is CC(C)(C)C(C)(C)CCCc1c[nH+]cc2ccccc12. The van der Waals surface area contributed by atoms with Gasteiger partial charge in [0.1, 0.15) is 0 Å².